The Bertz CT molecular complexity index is 266. The predicted octanol–water partition coefficient (Wildman–Crippen LogP) is 3.00. The molecule has 1 rings (SSSR count). The molecule has 0 radical (unpaired) electrons. The average Bonchev–Trinajstić information content (AvgIpc) is 2.64. The lowest BCUT2D eigenvalue weighted by Gasteiger charge is -1.87. The molecule has 0 bridgehead atoms. The number of thiophene rings is 1. The summed E-state index contributed by atoms with van der Waals surface area (Å²) in [6, 6.07) is 1.94. The van der Waals surface area contributed by atoms with Crippen LogP contribution in [-0.4, -0.2) is 12.3 Å². The molecule has 2 nitrogen and oxygen atoms in total. The molecule has 1 heterocycles. The van der Waals surface area contributed by atoms with Gasteiger partial charge in [-0.2, -0.15) is 0 Å². The van der Waals surface area contributed by atoms with E-state index in [1.54, 1.807) is 0 Å². The number of carbonyl (C=O) groups excluding carboxylic acids is 1. The Morgan fingerprint density at radius 2 is 2.07 bits per heavy atom. The van der Waals surface area contributed by atoms with Crippen molar-refractivity contribution in [2.24, 2.45) is 5.73 Å². The second-order valence-electron chi connectivity index (χ2n) is 3.05. The van der Waals surface area contributed by atoms with Crippen LogP contribution in [0.5, 0.6) is 0 Å². The van der Waals surface area contributed by atoms with E-state index in [1.807, 2.05) is 25.3 Å². The second-order valence-corrected chi connectivity index (χ2v) is 3.96. The number of rotatable bonds is 3. The fraction of sp³-hybridized carbons (Fsp3) is 0.545. The topological polar surface area (TPSA) is 43.1 Å². The summed E-state index contributed by atoms with van der Waals surface area (Å²) in [5, 5.41) is 2.00. The Morgan fingerprint density at radius 1 is 1.50 bits per heavy atom. The Morgan fingerprint density at radius 3 is 2.36 bits per heavy atom. The molecular formula is C11H19NOS. The smallest absolute Gasteiger partial charge is 0.172 e. The standard InChI is InChI=1S/C8H10OS.C3H9N/c1-3-7(9)8-4-6(2)5-10-8;1-2-3-4/h4-5H,3H2,1-2H3;2-4H2,1H3. The molecule has 0 atom stereocenters. The van der Waals surface area contributed by atoms with Crippen molar-refractivity contribution in [1.29, 1.82) is 0 Å². The van der Waals surface area contributed by atoms with Crippen LogP contribution in [0.15, 0.2) is 11.4 Å². The number of carbonyl (C=O) groups is 1. The van der Waals surface area contributed by atoms with Crippen molar-refractivity contribution in [3.63, 3.8) is 0 Å². The maximum Gasteiger partial charge on any atom is 0.172 e. The summed E-state index contributed by atoms with van der Waals surface area (Å²) in [4.78, 5) is 11.9. The molecule has 1 aromatic rings. The molecule has 0 aliphatic heterocycles. The van der Waals surface area contributed by atoms with Crippen molar-refractivity contribution in [3.05, 3.63) is 21.9 Å². The molecule has 0 aromatic carbocycles. The molecule has 0 saturated heterocycles. The first kappa shape index (κ1) is 13.3. The Kier molecular flexibility index (Phi) is 7.34. The maximum atomic E-state index is 11.0. The summed E-state index contributed by atoms with van der Waals surface area (Å²) in [7, 11) is 0. The first-order valence-electron chi connectivity index (χ1n) is 4.94. The van der Waals surface area contributed by atoms with Crippen LogP contribution in [0.2, 0.25) is 0 Å². The van der Waals surface area contributed by atoms with E-state index in [4.69, 9.17) is 5.73 Å². The van der Waals surface area contributed by atoms with Gasteiger partial charge in [0.05, 0.1) is 4.88 Å². The van der Waals surface area contributed by atoms with Crippen molar-refractivity contribution in [1.82, 2.24) is 0 Å². The number of ketones is 1. The third-order valence-electron chi connectivity index (χ3n) is 1.62. The van der Waals surface area contributed by atoms with Gasteiger partial charge in [-0.1, -0.05) is 13.8 Å². The normalized spacial score (nSPS) is 9.14. The van der Waals surface area contributed by atoms with Gasteiger partial charge in [-0.3, -0.25) is 4.79 Å². The Labute approximate surface area is 90.1 Å². The SMILES string of the molecule is CCC(=O)c1cc(C)cs1.CCCN. The van der Waals surface area contributed by atoms with Crippen LogP contribution in [0.1, 0.15) is 41.9 Å². The van der Waals surface area contributed by atoms with Crippen LogP contribution in [0, 0.1) is 6.92 Å². The molecule has 1 aromatic heterocycles. The summed E-state index contributed by atoms with van der Waals surface area (Å²) in [6.07, 6.45) is 1.71. The van der Waals surface area contributed by atoms with Crippen LogP contribution in [0.25, 0.3) is 0 Å². The maximum absolute atomic E-state index is 11.0. The van der Waals surface area contributed by atoms with E-state index in [-0.39, 0.29) is 5.78 Å². The number of Topliss-reactive ketones (excluding diaryl/α,β-unsaturated/α-hetero) is 1. The fourth-order valence-corrected chi connectivity index (χ4v) is 1.66. The lowest BCUT2D eigenvalue weighted by atomic mass is 10.2. The molecular weight excluding hydrogens is 194 g/mol. The van der Waals surface area contributed by atoms with Crippen LogP contribution in [-0.2, 0) is 0 Å². The van der Waals surface area contributed by atoms with Crippen LogP contribution in [0.4, 0.5) is 0 Å². The van der Waals surface area contributed by atoms with Gasteiger partial charge in [0.25, 0.3) is 0 Å². The molecule has 14 heavy (non-hydrogen) atoms. The number of nitrogens with two attached hydrogens (primary N) is 1. The highest BCUT2D eigenvalue weighted by Crippen LogP contribution is 2.14. The quantitative estimate of drug-likeness (QED) is 0.784. The van der Waals surface area contributed by atoms with Crippen LogP contribution in [0.3, 0.4) is 0 Å². The Hall–Kier alpha value is -0.670. The number of hydrogen-bond acceptors (Lipinski definition) is 3. The number of hydrogen-bond donors (Lipinski definition) is 1. The third-order valence-corrected chi connectivity index (χ3v) is 2.70. The molecule has 0 spiro atoms. The molecule has 3 heteroatoms. The van der Waals surface area contributed by atoms with Crippen molar-refractivity contribution in [2.45, 2.75) is 33.6 Å². The second kappa shape index (κ2) is 7.71. The highest BCUT2D eigenvalue weighted by Gasteiger charge is 2.03. The van der Waals surface area contributed by atoms with E-state index in [9.17, 15) is 4.79 Å². The van der Waals surface area contributed by atoms with Crippen molar-refractivity contribution in [3.8, 4) is 0 Å². The molecule has 0 aliphatic carbocycles. The zero-order valence-electron chi connectivity index (χ0n) is 9.17. The number of aryl methyl sites for hydroxylation is 1. The highest BCUT2D eigenvalue weighted by molar-refractivity contribution is 7.12. The molecule has 0 saturated carbocycles. The predicted molar refractivity (Wildman–Crippen MR) is 63.0 cm³/mol. The van der Waals surface area contributed by atoms with E-state index in [0.29, 0.717) is 6.42 Å². The summed E-state index contributed by atoms with van der Waals surface area (Å²) in [5.41, 5.74) is 6.21. The van der Waals surface area contributed by atoms with Gasteiger partial charge in [0.2, 0.25) is 0 Å². The first-order chi connectivity index (χ1) is 6.65. The van der Waals surface area contributed by atoms with Gasteiger partial charge in [0.15, 0.2) is 5.78 Å². The molecule has 0 unspecified atom stereocenters. The van der Waals surface area contributed by atoms with E-state index < -0.39 is 0 Å². The monoisotopic (exact) mass is 213 g/mol. The average molecular weight is 213 g/mol. The summed E-state index contributed by atoms with van der Waals surface area (Å²) in [5.74, 6) is 0.248. The van der Waals surface area contributed by atoms with Gasteiger partial charge < -0.3 is 5.73 Å². The summed E-state index contributed by atoms with van der Waals surface area (Å²) in [6.45, 7) is 6.76. The minimum Gasteiger partial charge on any atom is -0.330 e. The summed E-state index contributed by atoms with van der Waals surface area (Å²) >= 11 is 1.53. The lowest BCUT2D eigenvalue weighted by molar-refractivity contribution is 0.0992. The van der Waals surface area contributed by atoms with Gasteiger partial charge in [-0.15, -0.1) is 11.3 Å². The Balaban J connectivity index is 0.000000364. The van der Waals surface area contributed by atoms with Crippen LogP contribution < -0.4 is 5.73 Å². The van der Waals surface area contributed by atoms with Gasteiger partial charge in [-0.25, -0.2) is 0 Å². The zero-order chi connectivity index (χ0) is 11.0. The van der Waals surface area contributed by atoms with E-state index in [2.05, 4.69) is 6.92 Å². The van der Waals surface area contributed by atoms with Gasteiger partial charge in [0, 0.05) is 6.42 Å². The van der Waals surface area contributed by atoms with E-state index in [1.165, 1.54) is 16.9 Å². The third kappa shape index (κ3) is 5.14. The van der Waals surface area contributed by atoms with E-state index >= 15 is 0 Å². The molecule has 0 fully saturated rings. The van der Waals surface area contributed by atoms with Crippen LogP contribution >= 0.6 is 11.3 Å². The van der Waals surface area contributed by atoms with Crippen molar-refractivity contribution in [2.75, 3.05) is 6.54 Å². The highest BCUT2D eigenvalue weighted by atomic mass is 32.1. The van der Waals surface area contributed by atoms with Crippen molar-refractivity contribution >= 4 is 17.1 Å². The van der Waals surface area contributed by atoms with Gasteiger partial charge >= 0.3 is 0 Å². The fourth-order valence-electron chi connectivity index (χ4n) is 0.752. The minimum absolute atomic E-state index is 0.248. The molecule has 0 amide bonds. The molecule has 2 N–H and O–H groups in total. The molecule has 0 aliphatic rings. The van der Waals surface area contributed by atoms with Gasteiger partial charge in [0.1, 0.15) is 0 Å². The van der Waals surface area contributed by atoms with Crippen molar-refractivity contribution < 1.29 is 4.79 Å². The zero-order valence-corrected chi connectivity index (χ0v) is 9.99. The molecule has 80 valence electrons. The first-order valence-corrected chi connectivity index (χ1v) is 5.82. The van der Waals surface area contributed by atoms with Gasteiger partial charge in [-0.05, 0) is 36.9 Å². The van der Waals surface area contributed by atoms with E-state index in [0.717, 1.165) is 17.8 Å². The summed E-state index contributed by atoms with van der Waals surface area (Å²) < 4.78 is 0. The largest absolute Gasteiger partial charge is 0.330 e. The lowest BCUT2D eigenvalue weighted by Crippen LogP contribution is -1.93. The minimum atomic E-state index is 0.248.